The Morgan fingerprint density at radius 3 is 2.34 bits per heavy atom. The first kappa shape index (κ1) is 24.7. The van der Waals surface area contributed by atoms with Crippen molar-refractivity contribution in [2.24, 2.45) is 0 Å². The third-order valence-corrected chi connectivity index (χ3v) is 9.55. The monoisotopic (exact) mass is 496 g/mol. The third-order valence-electron chi connectivity index (χ3n) is 8.02. The molecule has 2 bridgehead atoms. The van der Waals surface area contributed by atoms with Gasteiger partial charge in [0.25, 0.3) is 0 Å². The topological polar surface area (TPSA) is 68.6 Å². The molecule has 188 valence electrons. The van der Waals surface area contributed by atoms with Crippen LogP contribution in [0.3, 0.4) is 0 Å². The first-order chi connectivity index (χ1) is 17.0. The molecule has 2 unspecified atom stereocenters. The zero-order chi connectivity index (χ0) is 24.4. The van der Waals surface area contributed by atoms with E-state index in [-0.39, 0.29) is 5.92 Å². The Bertz CT molecular complexity index is 1160. The van der Waals surface area contributed by atoms with E-state index in [0.29, 0.717) is 24.7 Å². The van der Waals surface area contributed by atoms with Crippen molar-refractivity contribution >= 4 is 18.8 Å². The number of para-hydroxylation sites is 2. The molecule has 4 atom stereocenters. The molecular formula is C27H37N4O3P. The van der Waals surface area contributed by atoms with Gasteiger partial charge in [-0.3, -0.25) is 4.90 Å². The molecular weight excluding hydrogens is 459 g/mol. The molecule has 7 nitrogen and oxygen atoms in total. The van der Waals surface area contributed by atoms with Crippen LogP contribution in [-0.2, 0) is 13.6 Å². The van der Waals surface area contributed by atoms with Crippen LogP contribution in [0.15, 0.2) is 54.6 Å². The Morgan fingerprint density at radius 1 is 1.00 bits per heavy atom. The SMILES string of the molecule is COP(=O)(NCC(CCN1[C@@H]2CC[C@H]1CC(n1c(C)nc3ccccc31)C2)c1ccccc1)OC. The van der Waals surface area contributed by atoms with E-state index in [0.717, 1.165) is 24.3 Å². The molecule has 2 aliphatic rings. The fourth-order valence-corrected chi connectivity index (χ4v) is 7.14. The zero-order valence-corrected chi connectivity index (χ0v) is 21.9. The Morgan fingerprint density at radius 2 is 1.66 bits per heavy atom. The number of hydrogen-bond donors (Lipinski definition) is 1. The van der Waals surface area contributed by atoms with Crippen molar-refractivity contribution in [2.45, 2.75) is 63.1 Å². The van der Waals surface area contributed by atoms with Gasteiger partial charge < -0.3 is 13.6 Å². The van der Waals surface area contributed by atoms with Crippen molar-refractivity contribution in [1.82, 2.24) is 19.5 Å². The maximum atomic E-state index is 12.6. The van der Waals surface area contributed by atoms with Crippen molar-refractivity contribution in [2.75, 3.05) is 27.3 Å². The minimum Gasteiger partial charge on any atom is -0.325 e. The molecule has 2 saturated heterocycles. The van der Waals surface area contributed by atoms with E-state index in [4.69, 9.17) is 14.0 Å². The maximum absolute atomic E-state index is 12.6. The van der Waals surface area contributed by atoms with Gasteiger partial charge in [0.05, 0.1) is 11.0 Å². The number of hydrogen-bond acceptors (Lipinski definition) is 5. The zero-order valence-electron chi connectivity index (χ0n) is 21.0. The number of fused-ring (bicyclic) bond motifs is 3. The van der Waals surface area contributed by atoms with Crippen LogP contribution in [0.1, 0.15) is 55.5 Å². The summed E-state index contributed by atoms with van der Waals surface area (Å²) in [7, 11) is -0.420. The van der Waals surface area contributed by atoms with Crippen LogP contribution in [0, 0.1) is 6.92 Å². The molecule has 0 amide bonds. The van der Waals surface area contributed by atoms with Gasteiger partial charge in [0.1, 0.15) is 5.82 Å². The number of imidazole rings is 1. The Hall–Kier alpha value is -2.02. The van der Waals surface area contributed by atoms with E-state index in [1.165, 1.54) is 51.0 Å². The van der Waals surface area contributed by atoms with E-state index < -0.39 is 7.75 Å². The molecule has 0 spiro atoms. The number of aromatic nitrogens is 2. The summed E-state index contributed by atoms with van der Waals surface area (Å²) in [6.07, 6.45) is 5.88. The Labute approximate surface area is 208 Å². The van der Waals surface area contributed by atoms with Crippen LogP contribution < -0.4 is 5.09 Å². The first-order valence-corrected chi connectivity index (χ1v) is 14.3. The molecule has 8 heteroatoms. The van der Waals surface area contributed by atoms with Gasteiger partial charge in [-0.1, -0.05) is 42.5 Å². The lowest BCUT2D eigenvalue weighted by atomic mass is 9.93. The molecule has 2 fully saturated rings. The van der Waals surface area contributed by atoms with Crippen molar-refractivity contribution in [1.29, 1.82) is 0 Å². The molecule has 0 radical (unpaired) electrons. The molecule has 3 heterocycles. The van der Waals surface area contributed by atoms with Crippen molar-refractivity contribution < 1.29 is 13.6 Å². The number of benzene rings is 2. The first-order valence-electron chi connectivity index (χ1n) is 12.7. The molecule has 35 heavy (non-hydrogen) atoms. The van der Waals surface area contributed by atoms with E-state index in [9.17, 15) is 4.57 Å². The summed E-state index contributed by atoms with van der Waals surface area (Å²) < 4.78 is 25.3. The molecule has 0 aliphatic carbocycles. The highest BCUT2D eigenvalue weighted by Gasteiger charge is 2.41. The smallest absolute Gasteiger partial charge is 0.325 e. The third kappa shape index (κ3) is 5.11. The summed E-state index contributed by atoms with van der Waals surface area (Å²) in [5.74, 6) is 1.35. The minimum absolute atomic E-state index is 0.229. The van der Waals surface area contributed by atoms with Gasteiger partial charge >= 0.3 is 7.75 Å². The normalized spacial score (nSPS) is 23.7. The molecule has 3 aromatic rings. The van der Waals surface area contributed by atoms with Crippen LogP contribution in [0.4, 0.5) is 0 Å². The summed E-state index contributed by atoms with van der Waals surface area (Å²) in [5.41, 5.74) is 3.61. The molecule has 1 N–H and O–H groups in total. The molecule has 2 aromatic carbocycles. The van der Waals surface area contributed by atoms with Gasteiger partial charge in [-0.25, -0.2) is 14.6 Å². The van der Waals surface area contributed by atoms with Crippen LogP contribution in [0.2, 0.25) is 0 Å². The molecule has 0 saturated carbocycles. The molecule has 2 aliphatic heterocycles. The second-order valence-corrected chi connectivity index (χ2v) is 11.9. The van der Waals surface area contributed by atoms with Gasteiger partial charge in [-0.05, 0) is 69.2 Å². The predicted molar refractivity (Wildman–Crippen MR) is 140 cm³/mol. The Kier molecular flexibility index (Phi) is 7.42. The predicted octanol–water partition coefficient (Wildman–Crippen LogP) is 5.68. The van der Waals surface area contributed by atoms with Gasteiger partial charge in [-0.15, -0.1) is 0 Å². The standard InChI is InChI=1S/C27H37N4O3P/c1-20-29-26-11-7-8-12-27(26)31(20)25-17-23-13-14-24(18-25)30(23)16-15-22(21-9-5-4-6-10-21)19-28-35(32,33-2)34-3/h4-12,22-25H,13-19H2,1-3H3,(H,28,32)/t22?,23-,24+,25?. The summed E-state index contributed by atoms with van der Waals surface area (Å²) in [4.78, 5) is 7.57. The van der Waals surface area contributed by atoms with Crippen molar-refractivity contribution in [3.05, 3.63) is 66.0 Å². The number of aryl methyl sites for hydroxylation is 1. The highest BCUT2D eigenvalue weighted by Crippen LogP contribution is 2.44. The van der Waals surface area contributed by atoms with Gasteiger partial charge in [0, 0.05) is 38.9 Å². The van der Waals surface area contributed by atoms with E-state index >= 15 is 0 Å². The molecule has 1 aromatic heterocycles. The number of rotatable bonds is 10. The highest BCUT2D eigenvalue weighted by atomic mass is 31.2. The van der Waals surface area contributed by atoms with E-state index in [1.807, 2.05) is 6.07 Å². The van der Waals surface area contributed by atoms with Crippen LogP contribution in [-0.4, -0.2) is 53.8 Å². The second kappa shape index (κ2) is 10.5. The largest absolute Gasteiger partial charge is 0.404 e. The quantitative estimate of drug-likeness (QED) is 0.365. The van der Waals surface area contributed by atoms with Crippen LogP contribution in [0.25, 0.3) is 11.0 Å². The summed E-state index contributed by atoms with van der Waals surface area (Å²) in [6, 6.07) is 20.7. The number of piperidine rings is 1. The van der Waals surface area contributed by atoms with Crippen molar-refractivity contribution in [3.63, 3.8) is 0 Å². The minimum atomic E-state index is -3.26. The van der Waals surface area contributed by atoms with Crippen LogP contribution in [0.5, 0.6) is 0 Å². The average molecular weight is 497 g/mol. The van der Waals surface area contributed by atoms with Crippen LogP contribution >= 0.6 is 7.75 Å². The fraction of sp³-hybridized carbons (Fsp3) is 0.519. The summed E-state index contributed by atoms with van der Waals surface area (Å²) in [6.45, 7) is 3.73. The number of nitrogens with zero attached hydrogens (tertiary/aromatic N) is 3. The second-order valence-electron chi connectivity index (χ2n) is 9.89. The lowest BCUT2D eigenvalue weighted by molar-refractivity contribution is 0.104. The fourth-order valence-electron chi connectivity index (χ4n) is 6.29. The highest BCUT2D eigenvalue weighted by molar-refractivity contribution is 7.51. The summed E-state index contributed by atoms with van der Waals surface area (Å²) in [5, 5.41) is 3.05. The van der Waals surface area contributed by atoms with Gasteiger partial charge in [-0.2, -0.15) is 0 Å². The van der Waals surface area contributed by atoms with E-state index in [2.05, 4.69) is 70.0 Å². The molecule has 5 rings (SSSR count). The number of nitrogens with one attached hydrogen (secondary N) is 1. The average Bonchev–Trinajstić information content (AvgIpc) is 3.34. The lowest BCUT2D eigenvalue weighted by Gasteiger charge is -2.40. The van der Waals surface area contributed by atoms with Crippen molar-refractivity contribution in [3.8, 4) is 0 Å². The van der Waals surface area contributed by atoms with E-state index in [1.54, 1.807) is 0 Å². The Balaban J connectivity index is 1.28. The summed E-state index contributed by atoms with van der Waals surface area (Å²) >= 11 is 0. The van der Waals surface area contributed by atoms with Gasteiger partial charge in [0.15, 0.2) is 0 Å². The van der Waals surface area contributed by atoms with Gasteiger partial charge in [0.2, 0.25) is 0 Å². The lowest BCUT2D eigenvalue weighted by Crippen LogP contribution is -2.44. The maximum Gasteiger partial charge on any atom is 0.404 e.